The summed E-state index contributed by atoms with van der Waals surface area (Å²) in [5, 5.41) is 2.62. The predicted molar refractivity (Wildman–Crippen MR) is 67.2 cm³/mol. The third-order valence-corrected chi connectivity index (χ3v) is 3.92. The van der Waals surface area contributed by atoms with Crippen molar-refractivity contribution in [2.75, 3.05) is 18.2 Å². The number of benzene rings is 1. The number of carbonyl (C=O) groups is 1. The minimum atomic E-state index is -3.36. The summed E-state index contributed by atoms with van der Waals surface area (Å²) in [7, 11) is -3.36. The smallest absolute Gasteiger partial charge is 0.253 e. The Morgan fingerprint density at radius 1 is 1.39 bits per heavy atom. The van der Waals surface area contributed by atoms with E-state index in [1.165, 1.54) is 6.07 Å². The predicted octanol–water partition coefficient (Wildman–Crippen LogP) is 1.21. The number of anilines is 1. The highest BCUT2D eigenvalue weighted by molar-refractivity contribution is 7.90. The molecule has 1 heterocycles. The number of para-hydroxylation sites is 1. The van der Waals surface area contributed by atoms with Gasteiger partial charge in [-0.1, -0.05) is 12.1 Å². The standard InChI is InChI=1S/C12H15NO4S/c1-18(15,16)11-7-3-2-5-9(11)13-12(14)10-6-4-8-17-10/h2-3,5,7,10H,4,6,8H2,1H3,(H,13,14). The van der Waals surface area contributed by atoms with Gasteiger partial charge in [0.05, 0.1) is 10.6 Å². The molecule has 2 rings (SSSR count). The van der Waals surface area contributed by atoms with Crippen molar-refractivity contribution >= 4 is 21.4 Å². The largest absolute Gasteiger partial charge is 0.368 e. The van der Waals surface area contributed by atoms with Crippen molar-refractivity contribution in [1.29, 1.82) is 0 Å². The van der Waals surface area contributed by atoms with Crippen LogP contribution in [0.5, 0.6) is 0 Å². The Balaban J connectivity index is 2.21. The van der Waals surface area contributed by atoms with Crippen LogP contribution >= 0.6 is 0 Å². The van der Waals surface area contributed by atoms with Gasteiger partial charge in [-0.2, -0.15) is 0 Å². The van der Waals surface area contributed by atoms with Crippen LogP contribution in [0, 0.1) is 0 Å². The highest BCUT2D eigenvalue weighted by atomic mass is 32.2. The molecule has 0 bridgehead atoms. The zero-order valence-electron chi connectivity index (χ0n) is 10.0. The molecule has 1 amide bonds. The van der Waals surface area contributed by atoms with E-state index in [1.807, 2.05) is 0 Å². The SMILES string of the molecule is CS(=O)(=O)c1ccccc1NC(=O)C1CCCO1. The van der Waals surface area contributed by atoms with Crippen LogP contribution < -0.4 is 5.32 Å². The number of carbonyl (C=O) groups excluding carboxylic acids is 1. The van der Waals surface area contributed by atoms with Crippen LogP contribution in [-0.4, -0.2) is 33.3 Å². The van der Waals surface area contributed by atoms with Crippen LogP contribution in [-0.2, 0) is 19.4 Å². The third-order valence-electron chi connectivity index (χ3n) is 2.77. The van der Waals surface area contributed by atoms with Crippen molar-refractivity contribution < 1.29 is 17.9 Å². The first-order chi connectivity index (χ1) is 8.48. The number of amides is 1. The second-order valence-corrected chi connectivity index (χ2v) is 6.24. The van der Waals surface area contributed by atoms with Gasteiger partial charge in [-0.05, 0) is 25.0 Å². The van der Waals surface area contributed by atoms with Crippen molar-refractivity contribution in [2.45, 2.75) is 23.8 Å². The Labute approximate surface area is 106 Å². The fourth-order valence-corrected chi connectivity index (χ4v) is 2.74. The van der Waals surface area contributed by atoms with Crippen molar-refractivity contribution in [3.63, 3.8) is 0 Å². The Hall–Kier alpha value is -1.40. The Morgan fingerprint density at radius 2 is 2.11 bits per heavy atom. The monoisotopic (exact) mass is 269 g/mol. The molecule has 6 heteroatoms. The van der Waals surface area contributed by atoms with Crippen LogP contribution in [0.1, 0.15) is 12.8 Å². The van der Waals surface area contributed by atoms with Crippen molar-refractivity contribution in [2.24, 2.45) is 0 Å². The molecule has 1 fully saturated rings. The zero-order valence-corrected chi connectivity index (χ0v) is 10.9. The second kappa shape index (κ2) is 5.07. The molecular formula is C12H15NO4S. The van der Waals surface area contributed by atoms with Gasteiger partial charge in [0.15, 0.2) is 9.84 Å². The Morgan fingerprint density at radius 3 is 2.72 bits per heavy atom. The summed E-state index contributed by atoms with van der Waals surface area (Å²) in [5.41, 5.74) is 0.306. The fraction of sp³-hybridized carbons (Fsp3) is 0.417. The molecule has 0 spiro atoms. The van der Waals surface area contributed by atoms with E-state index in [2.05, 4.69) is 5.32 Å². The molecular weight excluding hydrogens is 254 g/mol. The molecule has 1 aromatic carbocycles. The first-order valence-corrected chi connectivity index (χ1v) is 7.59. The Kier molecular flexibility index (Phi) is 3.68. The molecule has 1 saturated heterocycles. The first kappa shape index (κ1) is 13.0. The topological polar surface area (TPSA) is 72.5 Å². The maximum atomic E-state index is 11.9. The third kappa shape index (κ3) is 2.88. The first-order valence-electron chi connectivity index (χ1n) is 5.70. The van der Waals surface area contributed by atoms with Crippen LogP contribution in [0.15, 0.2) is 29.2 Å². The normalized spacial score (nSPS) is 19.7. The molecule has 98 valence electrons. The molecule has 5 nitrogen and oxygen atoms in total. The van der Waals surface area contributed by atoms with Gasteiger partial charge in [0, 0.05) is 12.9 Å². The van der Waals surface area contributed by atoms with Gasteiger partial charge in [0.25, 0.3) is 5.91 Å². The molecule has 0 saturated carbocycles. The minimum Gasteiger partial charge on any atom is -0.368 e. The Bertz CT molecular complexity index is 547. The van der Waals surface area contributed by atoms with Crippen molar-refractivity contribution in [3.05, 3.63) is 24.3 Å². The van der Waals surface area contributed by atoms with Gasteiger partial charge in [0.2, 0.25) is 0 Å². The number of nitrogens with one attached hydrogen (secondary N) is 1. The van der Waals surface area contributed by atoms with Crippen molar-refractivity contribution in [1.82, 2.24) is 0 Å². The quantitative estimate of drug-likeness (QED) is 0.895. The lowest BCUT2D eigenvalue weighted by atomic mass is 10.2. The second-order valence-electron chi connectivity index (χ2n) is 4.26. The summed E-state index contributed by atoms with van der Waals surface area (Å²) in [4.78, 5) is 12.0. The maximum absolute atomic E-state index is 11.9. The maximum Gasteiger partial charge on any atom is 0.253 e. The average molecular weight is 269 g/mol. The van der Waals surface area contributed by atoms with Crippen LogP contribution in [0.4, 0.5) is 5.69 Å². The summed E-state index contributed by atoms with van der Waals surface area (Å²) in [6.07, 6.45) is 2.17. The molecule has 1 aliphatic rings. The lowest BCUT2D eigenvalue weighted by molar-refractivity contribution is -0.124. The minimum absolute atomic E-state index is 0.122. The molecule has 1 unspecified atom stereocenters. The van der Waals surface area contributed by atoms with E-state index in [9.17, 15) is 13.2 Å². The van der Waals surface area contributed by atoms with E-state index >= 15 is 0 Å². The average Bonchev–Trinajstić information content (AvgIpc) is 2.81. The summed E-state index contributed by atoms with van der Waals surface area (Å²) < 4.78 is 28.4. The van der Waals surface area contributed by atoms with Crippen molar-refractivity contribution in [3.8, 4) is 0 Å². The van der Waals surface area contributed by atoms with E-state index in [0.717, 1.165) is 12.7 Å². The molecule has 18 heavy (non-hydrogen) atoms. The van der Waals surface area contributed by atoms with Crippen LogP contribution in [0.25, 0.3) is 0 Å². The van der Waals surface area contributed by atoms with Crippen LogP contribution in [0.2, 0.25) is 0 Å². The fourth-order valence-electron chi connectivity index (χ4n) is 1.89. The van der Waals surface area contributed by atoms with E-state index in [1.54, 1.807) is 18.2 Å². The van der Waals surface area contributed by atoms with Crippen LogP contribution in [0.3, 0.4) is 0 Å². The van der Waals surface area contributed by atoms with E-state index < -0.39 is 15.9 Å². The molecule has 0 aromatic heterocycles. The summed E-state index contributed by atoms with van der Waals surface area (Å²) >= 11 is 0. The summed E-state index contributed by atoms with van der Waals surface area (Å²) in [6, 6.07) is 6.35. The molecule has 1 N–H and O–H groups in total. The van der Waals surface area contributed by atoms with Gasteiger partial charge in [-0.15, -0.1) is 0 Å². The number of hydrogen-bond donors (Lipinski definition) is 1. The number of ether oxygens (including phenoxy) is 1. The van der Waals surface area contributed by atoms with E-state index in [-0.39, 0.29) is 10.8 Å². The highest BCUT2D eigenvalue weighted by Gasteiger charge is 2.25. The molecule has 0 radical (unpaired) electrons. The van der Waals surface area contributed by atoms with Gasteiger partial charge in [-0.3, -0.25) is 4.79 Å². The number of hydrogen-bond acceptors (Lipinski definition) is 4. The molecule has 1 atom stereocenters. The molecule has 1 aliphatic heterocycles. The van der Waals surface area contributed by atoms with E-state index in [0.29, 0.717) is 18.7 Å². The summed E-state index contributed by atoms with van der Waals surface area (Å²) in [5.74, 6) is -0.288. The number of rotatable bonds is 3. The lowest BCUT2D eigenvalue weighted by Crippen LogP contribution is -2.27. The molecule has 0 aliphatic carbocycles. The van der Waals surface area contributed by atoms with Gasteiger partial charge < -0.3 is 10.1 Å². The van der Waals surface area contributed by atoms with Gasteiger partial charge >= 0.3 is 0 Å². The highest BCUT2D eigenvalue weighted by Crippen LogP contribution is 2.22. The van der Waals surface area contributed by atoms with Gasteiger partial charge in [-0.25, -0.2) is 8.42 Å². The zero-order chi connectivity index (χ0) is 13.2. The summed E-state index contributed by atoms with van der Waals surface area (Å²) in [6.45, 7) is 0.575. The van der Waals surface area contributed by atoms with Gasteiger partial charge in [0.1, 0.15) is 6.10 Å². The number of sulfone groups is 1. The lowest BCUT2D eigenvalue weighted by Gasteiger charge is -2.12. The molecule has 1 aromatic rings. The van der Waals surface area contributed by atoms with E-state index in [4.69, 9.17) is 4.74 Å².